The molecule has 9 heteroatoms. The lowest BCUT2D eigenvalue weighted by Gasteiger charge is -2.19. The van der Waals surface area contributed by atoms with Crippen molar-refractivity contribution < 1.29 is 25.5 Å². The largest absolute Gasteiger partial charge is 0.522 e. The molecule has 0 radical (unpaired) electrons. The number of hydrogen-bond acceptors (Lipinski definition) is 3. The maximum atomic E-state index is 11.8. The van der Waals surface area contributed by atoms with Gasteiger partial charge >= 0.3 is 15.6 Å². The van der Waals surface area contributed by atoms with E-state index in [9.17, 15) is 21.6 Å². The summed E-state index contributed by atoms with van der Waals surface area (Å²) in [4.78, 5) is 0. The van der Waals surface area contributed by atoms with E-state index in [1.807, 2.05) is 0 Å². The molecule has 0 fully saturated rings. The second kappa shape index (κ2) is 3.75. The smallest absolute Gasteiger partial charge is 0.307 e. The van der Waals surface area contributed by atoms with Crippen LogP contribution in [0.1, 0.15) is 0 Å². The van der Waals surface area contributed by atoms with Crippen molar-refractivity contribution >= 4 is 30.0 Å². The second-order valence-electron chi connectivity index (χ2n) is 2.88. The van der Waals surface area contributed by atoms with E-state index >= 15 is 0 Å². The van der Waals surface area contributed by atoms with Crippen LogP contribution in [0.15, 0.2) is 0 Å². The number of rotatable bonds is 3. The fourth-order valence-electron chi connectivity index (χ4n) is 0.367. The van der Waals surface area contributed by atoms with Crippen LogP contribution in [0.5, 0.6) is 0 Å². The Balaban J connectivity index is 4.74. The van der Waals surface area contributed by atoms with Crippen LogP contribution in [0, 0.1) is 0 Å². The van der Waals surface area contributed by atoms with E-state index < -0.39 is 23.9 Å². The van der Waals surface area contributed by atoms with E-state index in [1.54, 1.807) is 0 Å². The molecule has 0 aromatic carbocycles. The normalized spacial score (nSPS) is 14.6. The van der Waals surface area contributed by atoms with Gasteiger partial charge in [0.05, 0.1) is 0 Å². The van der Waals surface area contributed by atoms with E-state index in [-0.39, 0.29) is 5.50 Å². The van der Waals surface area contributed by atoms with Gasteiger partial charge in [-0.15, -0.1) is 11.6 Å². The summed E-state index contributed by atoms with van der Waals surface area (Å²) in [5, 5.41) is 0. The highest BCUT2D eigenvalue weighted by Crippen LogP contribution is 2.27. The molecule has 0 aromatic rings. The van der Waals surface area contributed by atoms with Crippen molar-refractivity contribution in [2.45, 2.75) is 18.6 Å². The fraction of sp³-hybridized carbons (Fsp3) is 1.00. The van der Waals surface area contributed by atoms with E-state index in [0.717, 1.165) is 0 Å². The van der Waals surface area contributed by atoms with Crippen LogP contribution in [-0.4, -0.2) is 27.7 Å². The monoisotopic (exact) mass is 256 g/mol. The Kier molecular flexibility index (Phi) is 3.81. The molecular weight excluding hydrogens is 249 g/mol. The van der Waals surface area contributed by atoms with Gasteiger partial charge in [0.2, 0.25) is 8.32 Å². The zero-order valence-corrected chi connectivity index (χ0v) is 9.42. The van der Waals surface area contributed by atoms with Gasteiger partial charge in [0.25, 0.3) is 0 Å². The Hall–Kier alpha value is 0.207. The van der Waals surface area contributed by atoms with Crippen LogP contribution in [0.3, 0.4) is 0 Å². The van der Waals surface area contributed by atoms with Crippen LogP contribution in [0.4, 0.5) is 13.2 Å². The lowest BCUT2D eigenvalue weighted by molar-refractivity contribution is -0.0503. The van der Waals surface area contributed by atoms with Crippen LogP contribution in [0.25, 0.3) is 0 Å². The van der Waals surface area contributed by atoms with E-state index in [2.05, 4.69) is 3.87 Å². The summed E-state index contributed by atoms with van der Waals surface area (Å²) >= 11 is 5.25. The molecule has 0 spiro atoms. The second-order valence-corrected chi connectivity index (χ2v) is 9.50. The van der Waals surface area contributed by atoms with Gasteiger partial charge in [-0.1, -0.05) is 0 Å². The van der Waals surface area contributed by atoms with Crippen LogP contribution >= 0.6 is 11.6 Å². The highest BCUT2D eigenvalue weighted by molar-refractivity contribution is 7.88. The Labute approximate surface area is 80.1 Å². The molecule has 0 aliphatic carbocycles. The molecular formula is C4H8ClF3O3SSi. The van der Waals surface area contributed by atoms with Gasteiger partial charge in [-0.3, -0.25) is 0 Å². The standard InChI is InChI=1S/C4H8ClF3O3SSi/c1-13(2,3-5)11-12(9,10)4(6,7)8/h3H2,1-2H3. The van der Waals surface area contributed by atoms with Crippen molar-refractivity contribution in [2.75, 3.05) is 5.50 Å². The van der Waals surface area contributed by atoms with Crippen molar-refractivity contribution in [3.8, 4) is 0 Å². The Morgan fingerprint density at radius 2 is 1.77 bits per heavy atom. The van der Waals surface area contributed by atoms with Crippen LogP contribution < -0.4 is 0 Å². The first-order valence-corrected chi connectivity index (χ1v) is 8.15. The maximum Gasteiger partial charge on any atom is 0.522 e. The fourth-order valence-corrected chi connectivity index (χ4v) is 3.70. The number of alkyl halides is 4. The third-order valence-corrected chi connectivity index (χ3v) is 6.76. The molecule has 0 aliphatic heterocycles. The van der Waals surface area contributed by atoms with E-state index in [4.69, 9.17) is 11.6 Å². The molecule has 0 N–H and O–H groups in total. The predicted molar refractivity (Wildman–Crippen MR) is 44.3 cm³/mol. The molecule has 0 amide bonds. The van der Waals surface area contributed by atoms with E-state index in [0.29, 0.717) is 0 Å². The van der Waals surface area contributed by atoms with E-state index in [1.165, 1.54) is 13.1 Å². The maximum absolute atomic E-state index is 11.8. The summed E-state index contributed by atoms with van der Waals surface area (Å²) in [5.74, 6) is 0. The number of hydrogen-bond donors (Lipinski definition) is 0. The third-order valence-electron chi connectivity index (χ3n) is 0.941. The molecule has 0 saturated carbocycles. The lowest BCUT2D eigenvalue weighted by Crippen LogP contribution is -2.40. The topological polar surface area (TPSA) is 43.4 Å². The molecule has 80 valence electrons. The molecule has 0 unspecified atom stereocenters. The molecule has 0 heterocycles. The molecule has 3 nitrogen and oxygen atoms in total. The van der Waals surface area contributed by atoms with Crippen molar-refractivity contribution in [3.05, 3.63) is 0 Å². The van der Waals surface area contributed by atoms with Crippen LogP contribution in [0.2, 0.25) is 13.1 Å². The lowest BCUT2D eigenvalue weighted by atomic mass is 11.6. The van der Waals surface area contributed by atoms with Gasteiger partial charge in [0.15, 0.2) is 0 Å². The van der Waals surface area contributed by atoms with Crippen molar-refractivity contribution in [1.29, 1.82) is 0 Å². The minimum Gasteiger partial charge on any atom is -0.307 e. The molecule has 0 rings (SSSR count). The zero-order valence-electron chi connectivity index (χ0n) is 6.85. The molecule has 0 bridgehead atoms. The first kappa shape index (κ1) is 13.2. The summed E-state index contributed by atoms with van der Waals surface area (Å²) in [5.41, 5.74) is -5.59. The predicted octanol–water partition coefficient (Wildman–Crippen LogP) is 1.84. The quantitative estimate of drug-likeness (QED) is 0.440. The summed E-state index contributed by atoms with van der Waals surface area (Å²) < 4.78 is 60.2. The molecule has 0 saturated heterocycles. The zero-order chi connectivity index (χ0) is 10.9. The summed E-state index contributed by atoms with van der Waals surface area (Å²) in [6.07, 6.45) is 0. The average molecular weight is 257 g/mol. The Morgan fingerprint density at radius 3 is 2.00 bits per heavy atom. The van der Waals surface area contributed by atoms with Gasteiger partial charge < -0.3 is 3.87 Å². The third kappa shape index (κ3) is 3.84. The Bertz CT molecular complexity index is 273. The van der Waals surface area contributed by atoms with Gasteiger partial charge in [0.1, 0.15) is 0 Å². The van der Waals surface area contributed by atoms with Gasteiger partial charge in [-0.05, 0) is 13.1 Å². The van der Waals surface area contributed by atoms with Crippen molar-refractivity contribution in [2.24, 2.45) is 0 Å². The molecule has 0 aliphatic rings. The SMILES string of the molecule is C[Si](C)(CCl)OS(=O)(=O)C(F)(F)F. The van der Waals surface area contributed by atoms with Gasteiger partial charge in [-0.25, -0.2) is 0 Å². The first-order valence-electron chi connectivity index (χ1n) is 3.10. The van der Waals surface area contributed by atoms with Gasteiger partial charge in [0, 0.05) is 5.50 Å². The van der Waals surface area contributed by atoms with Crippen LogP contribution in [-0.2, 0) is 14.0 Å². The highest BCUT2D eigenvalue weighted by atomic mass is 35.5. The minimum atomic E-state index is -5.49. The highest BCUT2D eigenvalue weighted by Gasteiger charge is 2.50. The molecule has 0 atom stereocenters. The molecule has 13 heavy (non-hydrogen) atoms. The van der Waals surface area contributed by atoms with Gasteiger partial charge in [-0.2, -0.15) is 21.6 Å². The van der Waals surface area contributed by atoms with Crippen molar-refractivity contribution in [1.82, 2.24) is 0 Å². The summed E-state index contributed by atoms with van der Waals surface area (Å²) in [6, 6.07) is 0. The Morgan fingerprint density at radius 1 is 1.38 bits per heavy atom. The first-order chi connectivity index (χ1) is 5.52. The summed E-state index contributed by atoms with van der Waals surface area (Å²) in [7, 11) is -8.46. The summed E-state index contributed by atoms with van der Waals surface area (Å²) in [6.45, 7) is 2.56. The average Bonchev–Trinajstić information content (AvgIpc) is 1.83. The number of halogens is 4. The molecule has 0 aromatic heterocycles. The minimum absolute atomic E-state index is 0.220. The van der Waals surface area contributed by atoms with Crippen molar-refractivity contribution in [3.63, 3.8) is 0 Å².